The van der Waals surface area contributed by atoms with Gasteiger partial charge in [0.2, 0.25) is 0 Å². The Kier molecular flexibility index (Phi) is 6.73. The van der Waals surface area contributed by atoms with Crippen molar-refractivity contribution in [3.05, 3.63) is 29.6 Å². The quantitative estimate of drug-likeness (QED) is 0.714. The summed E-state index contributed by atoms with van der Waals surface area (Å²) in [6.45, 7) is 7.92. The lowest BCUT2D eigenvalue weighted by molar-refractivity contribution is 0.298. The van der Waals surface area contributed by atoms with Gasteiger partial charge in [-0.1, -0.05) is 13.0 Å². The van der Waals surface area contributed by atoms with Gasteiger partial charge in [0.15, 0.2) is 0 Å². The average molecular weight is 253 g/mol. The summed E-state index contributed by atoms with van der Waals surface area (Å²) < 4.78 is 18.6. The molecule has 1 unspecified atom stereocenters. The fourth-order valence-corrected chi connectivity index (χ4v) is 1.91. The standard InChI is InChI=1S/C15H24FNO/c1-4-17-13(3)7-5-6-10-18-15-11-14(16)9-8-12(15)2/h8-9,11,13,17H,4-7,10H2,1-3H3. The van der Waals surface area contributed by atoms with Gasteiger partial charge in [-0.15, -0.1) is 0 Å². The molecule has 1 aromatic rings. The first kappa shape index (κ1) is 15.0. The second-order valence-corrected chi connectivity index (χ2v) is 4.71. The molecule has 1 aromatic carbocycles. The Morgan fingerprint density at radius 1 is 1.33 bits per heavy atom. The molecule has 0 radical (unpaired) electrons. The number of unbranched alkanes of at least 4 members (excludes halogenated alkanes) is 1. The van der Waals surface area contributed by atoms with Crippen LogP contribution < -0.4 is 10.1 Å². The number of benzene rings is 1. The van der Waals surface area contributed by atoms with Crippen molar-refractivity contribution in [3.63, 3.8) is 0 Å². The number of aryl methyl sites for hydroxylation is 1. The molecule has 0 aliphatic carbocycles. The molecule has 0 aliphatic heterocycles. The smallest absolute Gasteiger partial charge is 0.126 e. The molecule has 0 spiro atoms. The van der Waals surface area contributed by atoms with Crippen molar-refractivity contribution in [1.29, 1.82) is 0 Å². The fourth-order valence-electron chi connectivity index (χ4n) is 1.91. The molecule has 1 rings (SSSR count). The van der Waals surface area contributed by atoms with E-state index < -0.39 is 0 Å². The number of halogens is 1. The summed E-state index contributed by atoms with van der Waals surface area (Å²) in [5.74, 6) is 0.422. The third kappa shape index (κ3) is 5.50. The van der Waals surface area contributed by atoms with Crippen LogP contribution in [0.1, 0.15) is 38.7 Å². The molecule has 18 heavy (non-hydrogen) atoms. The molecule has 0 saturated heterocycles. The monoisotopic (exact) mass is 253 g/mol. The summed E-state index contributed by atoms with van der Waals surface area (Å²) in [4.78, 5) is 0. The van der Waals surface area contributed by atoms with Gasteiger partial charge in [0.05, 0.1) is 6.61 Å². The zero-order chi connectivity index (χ0) is 13.4. The van der Waals surface area contributed by atoms with E-state index in [0.717, 1.165) is 31.4 Å². The van der Waals surface area contributed by atoms with Crippen LogP contribution in [0.3, 0.4) is 0 Å². The Morgan fingerprint density at radius 3 is 2.83 bits per heavy atom. The highest BCUT2D eigenvalue weighted by Crippen LogP contribution is 2.19. The number of hydrogen-bond donors (Lipinski definition) is 1. The van der Waals surface area contributed by atoms with Gasteiger partial charge in [-0.3, -0.25) is 0 Å². The van der Waals surface area contributed by atoms with Crippen molar-refractivity contribution in [1.82, 2.24) is 5.32 Å². The largest absolute Gasteiger partial charge is 0.493 e. The van der Waals surface area contributed by atoms with Crippen LogP contribution in [0.5, 0.6) is 5.75 Å². The van der Waals surface area contributed by atoms with Crippen LogP contribution in [-0.2, 0) is 0 Å². The lowest BCUT2D eigenvalue weighted by atomic mass is 10.1. The molecule has 0 aromatic heterocycles. The summed E-state index contributed by atoms with van der Waals surface area (Å²) >= 11 is 0. The van der Waals surface area contributed by atoms with Crippen LogP contribution in [0.4, 0.5) is 4.39 Å². The fraction of sp³-hybridized carbons (Fsp3) is 0.600. The van der Waals surface area contributed by atoms with E-state index in [4.69, 9.17) is 4.74 Å². The summed E-state index contributed by atoms with van der Waals surface area (Å²) in [5, 5.41) is 3.38. The zero-order valence-electron chi connectivity index (χ0n) is 11.6. The maximum atomic E-state index is 13.0. The summed E-state index contributed by atoms with van der Waals surface area (Å²) in [6, 6.07) is 5.22. The minimum atomic E-state index is -0.239. The van der Waals surface area contributed by atoms with E-state index in [-0.39, 0.29) is 5.82 Å². The third-order valence-corrected chi connectivity index (χ3v) is 2.99. The highest BCUT2D eigenvalue weighted by atomic mass is 19.1. The van der Waals surface area contributed by atoms with Crippen LogP contribution in [-0.4, -0.2) is 19.2 Å². The van der Waals surface area contributed by atoms with Crippen molar-refractivity contribution in [2.24, 2.45) is 0 Å². The topological polar surface area (TPSA) is 21.3 Å². The Bertz CT molecular complexity index is 354. The molecule has 2 nitrogen and oxygen atoms in total. The van der Waals surface area contributed by atoms with Crippen molar-refractivity contribution in [2.45, 2.75) is 46.1 Å². The number of rotatable bonds is 8. The van der Waals surface area contributed by atoms with E-state index in [1.54, 1.807) is 6.07 Å². The summed E-state index contributed by atoms with van der Waals surface area (Å²) in [5.41, 5.74) is 0.984. The molecule has 0 aliphatic rings. The molecular formula is C15H24FNO. The first-order chi connectivity index (χ1) is 8.63. The van der Waals surface area contributed by atoms with Gasteiger partial charge in [0.1, 0.15) is 11.6 Å². The van der Waals surface area contributed by atoms with Gasteiger partial charge in [0.25, 0.3) is 0 Å². The molecule has 0 bridgehead atoms. The maximum absolute atomic E-state index is 13.0. The molecule has 0 saturated carbocycles. The SMILES string of the molecule is CCNC(C)CCCCOc1cc(F)ccc1C. The van der Waals surface area contributed by atoms with Gasteiger partial charge < -0.3 is 10.1 Å². The van der Waals surface area contributed by atoms with Gasteiger partial charge in [-0.05, 0) is 51.3 Å². The molecule has 0 fully saturated rings. The average Bonchev–Trinajstić information content (AvgIpc) is 2.33. The second-order valence-electron chi connectivity index (χ2n) is 4.71. The van der Waals surface area contributed by atoms with Gasteiger partial charge in [-0.2, -0.15) is 0 Å². The van der Waals surface area contributed by atoms with Crippen LogP contribution in [0.2, 0.25) is 0 Å². The zero-order valence-corrected chi connectivity index (χ0v) is 11.6. The lowest BCUT2D eigenvalue weighted by Gasteiger charge is -2.12. The van der Waals surface area contributed by atoms with Crippen molar-refractivity contribution in [2.75, 3.05) is 13.2 Å². The molecule has 1 atom stereocenters. The third-order valence-electron chi connectivity index (χ3n) is 2.99. The van der Waals surface area contributed by atoms with Crippen molar-refractivity contribution < 1.29 is 9.13 Å². The predicted molar refractivity (Wildman–Crippen MR) is 73.6 cm³/mol. The van der Waals surface area contributed by atoms with Crippen LogP contribution in [0.25, 0.3) is 0 Å². The molecule has 0 amide bonds. The van der Waals surface area contributed by atoms with E-state index in [0.29, 0.717) is 18.4 Å². The summed E-state index contributed by atoms with van der Waals surface area (Å²) in [7, 11) is 0. The first-order valence-corrected chi connectivity index (χ1v) is 6.75. The van der Waals surface area contributed by atoms with E-state index in [2.05, 4.69) is 19.2 Å². The Balaban J connectivity index is 2.19. The number of hydrogen-bond acceptors (Lipinski definition) is 2. The minimum Gasteiger partial charge on any atom is -0.493 e. The highest BCUT2D eigenvalue weighted by molar-refractivity contribution is 5.32. The predicted octanol–water partition coefficient (Wildman–Crippen LogP) is 3.68. The first-order valence-electron chi connectivity index (χ1n) is 6.75. The van der Waals surface area contributed by atoms with E-state index in [1.165, 1.54) is 12.1 Å². The Labute approximate surface area is 110 Å². The molecule has 0 heterocycles. The normalized spacial score (nSPS) is 12.4. The Morgan fingerprint density at radius 2 is 2.11 bits per heavy atom. The van der Waals surface area contributed by atoms with Gasteiger partial charge in [-0.25, -0.2) is 4.39 Å². The molecule has 3 heteroatoms. The van der Waals surface area contributed by atoms with Crippen LogP contribution in [0, 0.1) is 12.7 Å². The van der Waals surface area contributed by atoms with Crippen molar-refractivity contribution >= 4 is 0 Å². The number of ether oxygens (including phenoxy) is 1. The van der Waals surface area contributed by atoms with Crippen LogP contribution >= 0.6 is 0 Å². The second kappa shape index (κ2) is 8.09. The molecular weight excluding hydrogens is 229 g/mol. The highest BCUT2D eigenvalue weighted by Gasteiger charge is 2.02. The van der Waals surface area contributed by atoms with Crippen molar-refractivity contribution in [3.8, 4) is 5.75 Å². The Hall–Kier alpha value is -1.09. The maximum Gasteiger partial charge on any atom is 0.126 e. The van der Waals surface area contributed by atoms with Crippen LogP contribution in [0.15, 0.2) is 18.2 Å². The van der Waals surface area contributed by atoms with E-state index in [1.807, 2.05) is 6.92 Å². The van der Waals surface area contributed by atoms with E-state index in [9.17, 15) is 4.39 Å². The van der Waals surface area contributed by atoms with Gasteiger partial charge >= 0.3 is 0 Å². The summed E-state index contributed by atoms with van der Waals surface area (Å²) in [6.07, 6.45) is 3.29. The van der Waals surface area contributed by atoms with Gasteiger partial charge in [0, 0.05) is 12.1 Å². The van der Waals surface area contributed by atoms with E-state index >= 15 is 0 Å². The number of nitrogens with one attached hydrogen (secondary N) is 1. The molecule has 102 valence electrons. The molecule has 1 N–H and O–H groups in total. The minimum absolute atomic E-state index is 0.239. The lowest BCUT2D eigenvalue weighted by Crippen LogP contribution is -2.25.